The first kappa shape index (κ1) is 14.5. The van der Waals surface area contributed by atoms with Crippen LogP contribution in [-0.4, -0.2) is 32.2 Å². The van der Waals surface area contributed by atoms with E-state index in [2.05, 4.69) is 12.2 Å². The third kappa shape index (κ3) is 5.04. The number of amides is 1. The molecule has 1 amide bonds. The molecule has 0 bridgehead atoms. The van der Waals surface area contributed by atoms with Crippen molar-refractivity contribution in [3.8, 4) is 0 Å². The fourth-order valence-electron chi connectivity index (χ4n) is 2.42. The largest absolute Gasteiger partial charge is 0.385 e. The smallest absolute Gasteiger partial charge is 0.236 e. The van der Waals surface area contributed by atoms with E-state index in [1.807, 2.05) is 0 Å². The van der Waals surface area contributed by atoms with E-state index in [0.717, 1.165) is 13.0 Å². The normalized spacial score (nSPS) is 20.2. The van der Waals surface area contributed by atoms with Gasteiger partial charge in [0.1, 0.15) is 0 Å². The minimum absolute atomic E-state index is 0.0192. The molecule has 1 rings (SSSR count). The maximum Gasteiger partial charge on any atom is 0.236 e. The molecule has 1 saturated carbocycles. The zero-order valence-electron chi connectivity index (χ0n) is 11.1. The molecule has 0 radical (unpaired) electrons. The van der Waals surface area contributed by atoms with Gasteiger partial charge in [0.15, 0.2) is 0 Å². The van der Waals surface area contributed by atoms with Crippen molar-refractivity contribution in [2.75, 3.05) is 20.3 Å². The van der Waals surface area contributed by atoms with Crippen LogP contribution in [0.3, 0.4) is 0 Å². The Balaban J connectivity index is 2.19. The molecule has 1 unspecified atom stereocenters. The molecule has 0 saturated heterocycles. The van der Waals surface area contributed by atoms with Crippen LogP contribution in [0.25, 0.3) is 0 Å². The summed E-state index contributed by atoms with van der Waals surface area (Å²) in [5, 5.41) is 2.99. The van der Waals surface area contributed by atoms with Crippen LogP contribution in [0.15, 0.2) is 0 Å². The Bertz CT molecular complexity index is 238. The second kappa shape index (κ2) is 6.97. The first-order valence-electron chi connectivity index (χ1n) is 6.60. The van der Waals surface area contributed by atoms with Gasteiger partial charge in [0.25, 0.3) is 0 Å². The molecule has 0 spiro atoms. The van der Waals surface area contributed by atoms with Crippen LogP contribution in [0.5, 0.6) is 0 Å². The van der Waals surface area contributed by atoms with Gasteiger partial charge in [-0.15, -0.1) is 0 Å². The lowest BCUT2D eigenvalue weighted by Gasteiger charge is -2.24. The monoisotopic (exact) mass is 242 g/mol. The zero-order valence-corrected chi connectivity index (χ0v) is 11.1. The molecule has 0 aliphatic heterocycles. The molecule has 0 aromatic carbocycles. The summed E-state index contributed by atoms with van der Waals surface area (Å²) in [7, 11) is 1.66. The van der Waals surface area contributed by atoms with E-state index in [0.29, 0.717) is 18.4 Å². The van der Waals surface area contributed by atoms with Crippen molar-refractivity contribution in [2.24, 2.45) is 11.1 Å². The fourth-order valence-corrected chi connectivity index (χ4v) is 2.42. The quantitative estimate of drug-likeness (QED) is 0.664. The summed E-state index contributed by atoms with van der Waals surface area (Å²) in [6, 6.07) is -0.393. The molecular weight excluding hydrogens is 216 g/mol. The fraction of sp³-hybridized carbons (Fsp3) is 0.923. The topological polar surface area (TPSA) is 64.3 Å². The van der Waals surface area contributed by atoms with Gasteiger partial charge in [0.2, 0.25) is 5.91 Å². The first-order chi connectivity index (χ1) is 8.07. The molecule has 0 aromatic heterocycles. The summed E-state index contributed by atoms with van der Waals surface area (Å²) in [4.78, 5) is 11.8. The van der Waals surface area contributed by atoms with Crippen LogP contribution < -0.4 is 11.1 Å². The van der Waals surface area contributed by atoms with Gasteiger partial charge in [-0.05, 0) is 31.1 Å². The third-order valence-corrected chi connectivity index (χ3v) is 3.70. The van der Waals surface area contributed by atoms with Crippen molar-refractivity contribution in [3.63, 3.8) is 0 Å². The minimum Gasteiger partial charge on any atom is -0.385 e. The Morgan fingerprint density at radius 2 is 2.12 bits per heavy atom. The lowest BCUT2D eigenvalue weighted by molar-refractivity contribution is -0.123. The van der Waals surface area contributed by atoms with Gasteiger partial charge in [0.05, 0.1) is 6.04 Å². The summed E-state index contributed by atoms with van der Waals surface area (Å²) >= 11 is 0. The molecule has 1 aliphatic carbocycles. The number of carbonyl (C=O) groups is 1. The summed E-state index contributed by atoms with van der Waals surface area (Å²) in [5.74, 6) is -0.0192. The Labute approximate surface area is 104 Å². The Kier molecular flexibility index (Phi) is 5.92. The molecule has 4 heteroatoms. The van der Waals surface area contributed by atoms with Gasteiger partial charge in [-0.3, -0.25) is 4.79 Å². The molecule has 100 valence electrons. The van der Waals surface area contributed by atoms with Crippen molar-refractivity contribution < 1.29 is 9.53 Å². The number of ether oxygens (including phenoxy) is 1. The SMILES string of the molecule is COCCCC(N)C(=O)NCC1(C)CCCC1. The van der Waals surface area contributed by atoms with E-state index < -0.39 is 6.04 Å². The van der Waals surface area contributed by atoms with E-state index in [1.165, 1.54) is 25.7 Å². The van der Waals surface area contributed by atoms with Crippen LogP contribution in [0.1, 0.15) is 45.4 Å². The van der Waals surface area contributed by atoms with E-state index in [1.54, 1.807) is 7.11 Å². The number of rotatable bonds is 7. The van der Waals surface area contributed by atoms with Gasteiger partial charge in [-0.2, -0.15) is 0 Å². The van der Waals surface area contributed by atoms with Gasteiger partial charge < -0.3 is 15.8 Å². The zero-order chi connectivity index (χ0) is 12.7. The van der Waals surface area contributed by atoms with Crippen LogP contribution in [-0.2, 0) is 9.53 Å². The predicted molar refractivity (Wildman–Crippen MR) is 68.7 cm³/mol. The Morgan fingerprint density at radius 3 is 2.71 bits per heavy atom. The van der Waals surface area contributed by atoms with Crippen molar-refractivity contribution in [2.45, 2.75) is 51.5 Å². The average molecular weight is 242 g/mol. The minimum atomic E-state index is -0.393. The highest BCUT2D eigenvalue weighted by atomic mass is 16.5. The second-order valence-corrected chi connectivity index (χ2v) is 5.48. The molecule has 4 nitrogen and oxygen atoms in total. The highest BCUT2D eigenvalue weighted by molar-refractivity contribution is 5.81. The average Bonchev–Trinajstić information content (AvgIpc) is 2.74. The summed E-state index contributed by atoms with van der Waals surface area (Å²) in [6.45, 7) is 3.68. The van der Waals surface area contributed by atoms with Crippen molar-refractivity contribution in [3.05, 3.63) is 0 Å². The Hall–Kier alpha value is -0.610. The third-order valence-electron chi connectivity index (χ3n) is 3.70. The lowest BCUT2D eigenvalue weighted by atomic mass is 9.89. The molecule has 1 atom stereocenters. The number of hydrogen-bond acceptors (Lipinski definition) is 3. The number of nitrogens with two attached hydrogens (primary N) is 1. The molecular formula is C13H26N2O2. The molecule has 0 aromatic rings. The van der Waals surface area contributed by atoms with E-state index in [4.69, 9.17) is 10.5 Å². The number of nitrogens with one attached hydrogen (secondary N) is 1. The highest BCUT2D eigenvalue weighted by Crippen LogP contribution is 2.36. The standard InChI is InChI=1S/C13H26N2O2/c1-13(7-3-4-8-13)10-15-12(16)11(14)6-5-9-17-2/h11H,3-10,14H2,1-2H3,(H,15,16). The Morgan fingerprint density at radius 1 is 1.47 bits per heavy atom. The van der Waals surface area contributed by atoms with Crippen LogP contribution >= 0.6 is 0 Å². The van der Waals surface area contributed by atoms with Crippen molar-refractivity contribution >= 4 is 5.91 Å². The van der Waals surface area contributed by atoms with E-state index in [-0.39, 0.29) is 5.91 Å². The van der Waals surface area contributed by atoms with Gasteiger partial charge in [-0.25, -0.2) is 0 Å². The van der Waals surface area contributed by atoms with Gasteiger partial charge in [0, 0.05) is 20.3 Å². The maximum atomic E-state index is 11.8. The van der Waals surface area contributed by atoms with Crippen molar-refractivity contribution in [1.29, 1.82) is 0 Å². The van der Waals surface area contributed by atoms with Crippen LogP contribution in [0.4, 0.5) is 0 Å². The van der Waals surface area contributed by atoms with Crippen LogP contribution in [0.2, 0.25) is 0 Å². The molecule has 1 fully saturated rings. The highest BCUT2D eigenvalue weighted by Gasteiger charge is 2.29. The van der Waals surface area contributed by atoms with Crippen molar-refractivity contribution in [1.82, 2.24) is 5.32 Å². The predicted octanol–water partition coefficient (Wildman–Crippen LogP) is 1.44. The van der Waals surface area contributed by atoms with E-state index >= 15 is 0 Å². The molecule has 3 N–H and O–H groups in total. The lowest BCUT2D eigenvalue weighted by Crippen LogP contribution is -2.44. The molecule has 17 heavy (non-hydrogen) atoms. The number of hydrogen-bond donors (Lipinski definition) is 2. The second-order valence-electron chi connectivity index (χ2n) is 5.48. The van der Waals surface area contributed by atoms with E-state index in [9.17, 15) is 4.79 Å². The number of methoxy groups -OCH3 is 1. The summed E-state index contributed by atoms with van der Waals surface area (Å²) in [5.41, 5.74) is 6.11. The molecule has 0 heterocycles. The first-order valence-corrected chi connectivity index (χ1v) is 6.60. The maximum absolute atomic E-state index is 11.8. The van der Waals surface area contributed by atoms with Gasteiger partial charge in [-0.1, -0.05) is 19.8 Å². The summed E-state index contributed by atoms with van der Waals surface area (Å²) in [6.07, 6.45) is 6.52. The van der Waals surface area contributed by atoms with Gasteiger partial charge >= 0.3 is 0 Å². The number of carbonyl (C=O) groups excluding carboxylic acids is 1. The summed E-state index contributed by atoms with van der Waals surface area (Å²) < 4.78 is 4.94. The van der Waals surface area contributed by atoms with Crippen LogP contribution in [0, 0.1) is 5.41 Å². The molecule has 1 aliphatic rings.